The molecule has 0 aliphatic heterocycles. The van der Waals surface area contributed by atoms with Gasteiger partial charge in [0.2, 0.25) is 11.7 Å². The molecule has 2 heterocycles. The van der Waals surface area contributed by atoms with Gasteiger partial charge in [-0.3, -0.25) is 4.68 Å². The van der Waals surface area contributed by atoms with Gasteiger partial charge in [0.1, 0.15) is 0 Å². The van der Waals surface area contributed by atoms with Crippen LogP contribution >= 0.6 is 0 Å². The minimum absolute atomic E-state index is 0.128. The highest BCUT2D eigenvalue weighted by atomic mass is 16.5. The first-order valence-electron chi connectivity index (χ1n) is 6.12. The van der Waals surface area contributed by atoms with E-state index in [1.807, 2.05) is 13.2 Å². The van der Waals surface area contributed by atoms with Crippen molar-refractivity contribution in [3.63, 3.8) is 0 Å². The summed E-state index contributed by atoms with van der Waals surface area (Å²) in [5, 5.41) is 8.07. The minimum atomic E-state index is 0.128. The van der Waals surface area contributed by atoms with Gasteiger partial charge < -0.3 is 10.3 Å². The molecule has 1 atom stereocenters. The van der Waals surface area contributed by atoms with Crippen LogP contribution in [0.4, 0.5) is 0 Å². The van der Waals surface area contributed by atoms with Crippen LogP contribution in [0.3, 0.4) is 0 Å². The predicted octanol–water partition coefficient (Wildman–Crippen LogP) is 1.56. The van der Waals surface area contributed by atoms with E-state index in [2.05, 4.69) is 29.1 Å². The average Bonchev–Trinajstić information content (AvgIpc) is 2.93. The second kappa shape index (κ2) is 5.30. The van der Waals surface area contributed by atoms with Gasteiger partial charge in [0.15, 0.2) is 0 Å². The minimum Gasteiger partial charge on any atom is -0.339 e. The van der Waals surface area contributed by atoms with Crippen molar-refractivity contribution < 1.29 is 4.52 Å². The summed E-state index contributed by atoms with van der Waals surface area (Å²) in [4.78, 5) is 4.41. The normalized spacial score (nSPS) is 13.2. The number of rotatable bonds is 5. The van der Waals surface area contributed by atoms with Crippen LogP contribution in [0.15, 0.2) is 16.9 Å². The van der Waals surface area contributed by atoms with E-state index in [9.17, 15) is 0 Å². The van der Waals surface area contributed by atoms with Crippen LogP contribution in [-0.4, -0.2) is 26.5 Å². The summed E-state index contributed by atoms with van der Waals surface area (Å²) in [7, 11) is 1.85. The number of nitrogens with two attached hydrogens (primary N) is 1. The summed E-state index contributed by atoms with van der Waals surface area (Å²) >= 11 is 0. The number of aromatic nitrogens is 4. The van der Waals surface area contributed by atoms with Crippen molar-refractivity contribution in [3.05, 3.63) is 18.3 Å². The summed E-state index contributed by atoms with van der Waals surface area (Å²) < 4.78 is 7.01. The molecule has 0 fully saturated rings. The van der Waals surface area contributed by atoms with E-state index in [-0.39, 0.29) is 5.92 Å². The molecule has 2 rings (SSSR count). The zero-order valence-electron chi connectivity index (χ0n) is 11.0. The Balaban J connectivity index is 2.18. The van der Waals surface area contributed by atoms with Crippen LogP contribution in [-0.2, 0) is 7.05 Å². The Bertz CT molecular complexity index is 502. The van der Waals surface area contributed by atoms with Crippen LogP contribution in [0, 0.1) is 5.92 Å². The Labute approximate surface area is 106 Å². The first kappa shape index (κ1) is 12.8. The number of aryl methyl sites for hydroxylation is 1. The van der Waals surface area contributed by atoms with E-state index in [0.717, 1.165) is 12.0 Å². The molecule has 0 aliphatic rings. The van der Waals surface area contributed by atoms with Crippen LogP contribution in [0.1, 0.15) is 32.1 Å². The molecule has 0 saturated carbocycles. The van der Waals surface area contributed by atoms with Crippen molar-refractivity contribution in [1.29, 1.82) is 0 Å². The first-order chi connectivity index (χ1) is 8.60. The Hall–Kier alpha value is -1.69. The van der Waals surface area contributed by atoms with E-state index >= 15 is 0 Å². The third-order valence-electron chi connectivity index (χ3n) is 2.79. The zero-order chi connectivity index (χ0) is 13.1. The number of hydrogen-bond acceptors (Lipinski definition) is 5. The summed E-state index contributed by atoms with van der Waals surface area (Å²) in [5.41, 5.74) is 6.62. The molecule has 0 amide bonds. The predicted molar refractivity (Wildman–Crippen MR) is 67.8 cm³/mol. The van der Waals surface area contributed by atoms with Crippen LogP contribution in [0.25, 0.3) is 11.4 Å². The summed E-state index contributed by atoms with van der Waals surface area (Å²) in [5.74, 6) is 1.86. The fourth-order valence-electron chi connectivity index (χ4n) is 1.92. The Morgan fingerprint density at radius 1 is 1.44 bits per heavy atom. The van der Waals surface area contributed by atoms with Crippen molar-refractivity contribution in [3.8, 4) is 11.4 Å². The summed E-state index contributed by atoms with van der Waals surface area (Å²) in [6.07, 6.45) is 4.52. The van der Waals surface area contributed by atoms with Crippen molar-refractivity contribution in [1.82, 2.24) is 19.9 Å². The molecule has 6 heteroatoms. The smallest absolute Gasteiger partial charge is 0.231 e. The van der Waals surface area contributed by atoms with Gasteiger partial charge in [-0.25, -0.2) is 0 Å². The molecular formula is C12H19N5O. The summed E-state index contributed by atoms with van der Waals surface area (Å²) in [6, 6.07) is 0. The molecule has 0 bridgehead atoms. The van der Waals surface area contributed by atoms with Gasteiger partial charge in [-0.05, 0) is 12.3 Å². The molecule has 0 aromatic carbocycles. The number of nitrogens with zero attached hydrogens (tertiary/aromatic N) is 4. The van der Waals surface area contributed by atoms with Crippen LogP contribution < -0.4 is 5.73 Å². The third-order valence-corrected chi connectivity index (χ3v) is 2.79. The lowest BCUT2D eigenvalue weighted by atomic mass is 9.97. The molecule has 0 saturated heterocycles. The van der Waals surface area contributed by atoms with Crippen LogP contribution in [0.5, 0.6) is 0 Å². The zero-order valence-corrected chi connectivity index (χ0v) is 11.0. The lowest BCUT2D eigenvalue weighted by Crippen LogP contribution is -2.15. The van der Waals surface area contributed by atoms with E-state index < -0.39 is 0 Å². The maximum Gasteiger partial charge on any atom is 0.231 e. The standard InChI is InChI=1S/C12H19N5O/c1-8(2)4-9(5-13)12-15-11(16-18-12)10-6-14-17(3)7-10/h6-9H,4-5,13H2,1-3H3. The Morgan fingerprint density at radius 3 is 2.78 bits per heavy atom. The highest BCUT2D eigenvalue weighted by Gasteiger charge is 2.19. The van der Waals surface area contributed by atoms with Gasteiger partial charge >= 0.3 is 0 Å². The van der Waals surface area contributed by atoms with Crippen LogP contribution in [0.2, 0.25) is 0 Å². The summed E-state index contributed by atoms with van der Waals surface area (Å²) in [6.45, 7) is 4.83. The molecule has 0 aliphatic carbocycles. The largest absolute Gasteiger partial charge is 0.339 e. The molecule has 2 N–H and O–H groups in total. The molecule has 18 heavy (non-hydrogen) atoms. The van der Waals surface area contributed by atoms with Crippen molar-refractivity contribution in [2.24, 2.45) is 18.7 Å². The maximum atomic E-state index is 5.76. The van der Waals surface area contributed by atoms with Gasteiger partial charge in [0.25, 0.3) is 0 Å². The Kier molecular flexibility index (Phi) is 3.76. The second-order valence-corrected chi connectivity index (χ2v) is 4.92. The van der Waals surface area contributed by atoms with Gasteiger partial charge in [-0.1, -0.05) is 19.0 Å². The van der Waals surface area contributed by atoms with E-state index in [1.165, 1.54) is 0 Å². The topological polar surface area (TPSA) is 82.8 Å². The Morgan fingerprint density at radius 2 is 2.22 bits per heavy atom. The number of hydrogen-bond donors (Lipinski definition) is 1. The molecule has 98 valence electrons. The third kappa shape index (κ3) is 2.76. The quantitative estimate of drug-likeness (QED) is 0.869. The first-order valence-corrected chi connectivity index (χ1v) is 6.12. The fourth-order valence-corrected chi connectivity index (χ4v) is 1.92. The lowest BCUT2D eigenvalue weighted by Gasteiger charge is -2.11. The molecule has 0 spiro atoms. The second-order valence-electron chi connectivity index (χ2n) is 4.92. The molecular weight excluding hydrogens is 230 g/mol. The highest BCUT2D eigenvalue weighted by molar-refractivity contribution is 5.51. The van der Waals surface area contributed by atoms with Gasteiger partial charge in [0, 0.05) is 19.8 Å². The SMILES string of the molecule is CC(C)CC(CN)c1nc(-c2cnn(C)c2)no1. The van der Waals surface area contributed by atoms with E-state index in [4.69, 9.17) is 10.3 Å². The molecule has 6 nitrogen and oxygen atoms in total. The molecule has 0 radical (unpaired) electrons. The van der Waals surface area contributed by atoms with E-state index in [0.29, 0.717) is 24.2 Å². The highest BCUT2D eigenvalue weighted by Crippen LogP contribution is 2.23. The molecule has 1 unspecified atom stereocenters. The lowest BCUT2D eigenvalue weighted by molar-refractivity contribution is 0.335. The van der Waals surface area contributed by atoms with Crippen molar-refractivity contribution in [2.75, 3.05) is 6.54 Å². The van der Waals surface area contributed by atoms with Crippen molar-refractivity contribution >= 4 is 0 Å². The van der Waals surface area contributed by atoms with Gasteiger partial charge in [-0.15, -0.1) is 0 Å². The van der Waals surface area contributed by atoms with Gasteiger partial charge in [0.05, 0.1) is 17.7 Å². The monoisotopic (exact) mass is 249 g/mol. The van der Waals surface area contributed by atoms with Gasteiger partial charge in [-0.2, -0.15) is 10.1 Å². The average molecular weight is 249 g/mol. The molecule has 2 aromatic rings. The van der Waals surface area contributed by atoms with Crippen molar-refractivity contribution in [2.45, 2.75) is 26.2 Å². The van der Waals surface area contributed by atoms with E-state index in [1.54, 1.807) is 10.9 Å². The maximum absolute atomic E-state index is 5.76. The molecule has 2 aromatic heterocycles. The fraction of sp³-hybridized carbons (Fsp3) is 0.583.